The van der Waals surface area contributed by atoms with E-state index in [1.165, 1.54) is 11.1 Å². The summed E-state index contributed by atoms with van der Waals surface area (Å²) in [5.74, 6) is 0.243. The lowest BCUT2D eigenvalue weighted by atomic mass is 9.78. The van der Waals surface area contributed by atoms with E-state index in [1.54, 1.807) is 0 Å². The van der Waals surface area contributed by atoms with Gasteiger partial charge in [-0.25, -0.2) is 0 Å². The van der Waals surface area contributed by atoms with Crippen LogP contribution in [-0.2, 0) is 0 Å². The molecule has 1 saturated heterocycles. The zero-order chi connectivity index (χ0) is 16.1. The zero-order valence-corrected chi connectivity index (χ0v) is 13.5. The maximum atomic E-state index is 9.58. The largest absolute Gasteiger partial charge is 0.411 e. The van der Waals surface area contributed by atoms with Crippen LogP contribution in [-0.4, -0.2) is 10.9 Å². The average molecular weight is 308 g/mol. The molecule has 0 unspecified atom stereocenters. The Morgan fingerprint density at radius 3 is 2.17 bits per heavy atom. The number of oxime groups is 1. The molecule has 0 bridgehead atoms. The summed E-state index contributed by atoms with van der Waals surface area (Å²) in [5, 5.41) is 17.0. The molecule has 3 nitrogen and oxygen atoms in total. The quantitative estimate of drug-likeness (QED) is 0.634. The van der Waals surface area contributed by atoms with Crippen LogP contribution in [0, 0.1) is 5.92 Å². The molecule has 2 N–H and O–H groups in total. The Bertz CT molecular complexity index is 639. The van der Waals surface area contributed by atoms with Gasteiger partial charge in [0.2, 0.25) is 0 Å². The molecule has 0 aliphatic carbocycles. The molecule has 1 fully saturated rings. The van der Waals surface area contributed by atoms with Crippen LogP contribution >= 0.6 is 0 Å². The van der Waals surface area contributed by atoms with Crippen molar-refractivity contribution in [2.45, 2.75) is 38.3 Å². The third-order valence-corrected chi connectivity index (χ3v) is 4.71. The van der Waals surface area contributed by atoms with Gasteiger partial charge in [0.1, 0.15) is 0 Å². The first-order chi connectivity index (χ1) is 11.3. The van der Waals surface area contributed by atoms with E-state index in [9.17, 15) is 5.21 Å². The molecule has 0 spiro atoms. The predicted molar refractivity (Wildman–Crippen MR) is 93.7 cm³/mol. The van der Waals surface area contributed by atoms with Crippen LogP contribution < -0.4 is 5.32 Å². The summed E-state index contributed by atoms with van der Waals surface area (Å²) in [6.07, 6.45) is 2.85. The van der Waals surface area contributed by atoms with Crippen LogP contribution in [0.4, 0.5) is 0 Å². The van der Waals surface area contributed by atoms with Crippen LogP contribution in [0.15, 0.2) is 65.8 Å². The van der Waals surface area contributed by atoms with Crippen molar-refractivity contribution in [1.29, 1.82) is 0 Å². The predicted octanol–water partition coefficient (Wildman–Crippen LogP) is 4.71. The van der Waals surface area contributed by atoms with E-state index < -0.39 is 0 Å². The minimum absolute atomic E-state index is 0.181. The molecule has 0 saturated carbocycles. The van der Waals surface area contributed by atoms with Crippen molar-refractivity contribution < 1.29 is 5.21 Å². The summed E-state index contributed by atoms with van der Waals surface area (Å²) >= 11 is 0. The second-order valence-electron chi connectivity index (χ2n) is 6.21. The van der Waals surface area contributed by atoms with Gasteiger partial charge in [-0.15, -0.1) is 0 Å². The average Bonchev–Trinajstić information content (AvgIpc) is 2.63. The van der Waals surface area contributed by atoms with E-state index in [2.05, 4.69) is 65.9 Å². The first-order valence-electron chi connectivity index (χ1n) is 8.40. The minimum atomic E-state index is 0.181. The van der Waals surface area contributed by atoms with E-state index >= 15 is 0 Å². The van der Waals surface area contributed by atoms with Gasteiger partial charge in [0.25, 0.3) is 0 Å². The molecule has 120 valence electrons. The smallest absolute Gasteiger partial charge is 0.0639 e. The third kappa shape index (κ3) is 3.45. The van der Waals surface area contributed by atoms with Crippen LogP contribution in [0.3, 0.4) is 0 Å². The Morgan fingerprint density at radius 2 is 1.61 bits per heavy atom. The van der Waals surface area contributed by atoms with Gasteiger partial charge in [0.05, 0.1) is 5.71 Å². The lowest BCUT2D eigenvalue weighted by Gasteiger charge is -2.38. The Hall–Kier alpha value is -2.13. The number of rotatable bonds is 4. The highest BCUT2D eigenvalue weighted by atomic mass is 16.4. The summed E-state index contributed by atoms with van der Waals surface area (Å²) in [7, 11) is 0. The van der Waals surface area contributed by atoms with Crippen LogP contribution in [0.1, 0.15) is 49.4 Å². The Balaban J connectivity index is 1.95. The first-order valence-corrected chi connectivity index (χ1v) is 8.40. The first kappa shape index (κ1) is 15.8. The van der Waals surface area contributed by atoms with Crippen molar-refractivity contribution >= 4 is 5.71 Å². The number of hydrogen-bond donors (Lipinski definition) is 2. The number of benzene rings is 2. The highest BCUT2D eigenvalue weighted by molar-refractivity contribution is 5.88. The summed E-state index contributed by atoms with van der Waals surface area (Å²) in [4.78, 5) is 0. The van der Waals surface area contributed by atoms with Crippen LogP contribution in [0.25, 0.3) is 0 Å². The molecule has 3 rings (SSSR count). The van der Waals surface area contributed by atoms with E-state index in [-0.39, 0.29) is 18.0 Å². The highest BCUT2D eigenvalue weighted by Crippen LogP contribution is 2.37. The molecule has 1 aliphatic rings. The van der Waals surface area contributed by atoms with Gasteiger partial charge in [-0.2, -0.15) is 0 Å². The van der Waals surface area contributed by atoms with Gasteiger partial charge in [0, 0.05) is 24.4 Å². The third-order valence-electron chi connectivity index (χ3n) is 4.71. The maximum absolute atomic E-state index is 9.58. The fourth-order valence-electron chi connectivity index (χ4n) is 3.59. The second-order valence-corrected chi connectivity index (χ2v) is 6.21. The lowest BCUT2D eigenvalue weighted by Crippen LogP contribution is -2.42. The summed E-state index contributed by atoms with van der Waals surface area (Å²) in [5.41, 5.74) is 3.41. The normalized spacial score (nSPS) is 26.3. The lowest BCUT2D eigenvalue weighted by molar-refractivity contribution is 0.284. The van der Waals surface area contributed by atoms with Gasteiger partial charge in [-0.1, -0.05) is 79.2 Å². The fraction of sp³-hybridized carbons (Fsp3) is 0.350. The molecule has 2 aromatic rings. The summed E-state index contributed by atoms with van der Waals surface area (Å²) in [6, 6.07) is 21.3. The highest BCUT2D eigenvalue weighted by Gasteiger charge is 2.35. The second kappa shape index (κ2) is 7.42. The van der Waals surface area contributed by atoms with Crippen molar-refractivity contribution in [1.82, 2.24) is 5.32 Å². The van der Waals surface area contributed by atoms with E-state index in [0.717, 1.165) is 25.0 Å². The van der Waals surface area contributed by atoms with E-state index in [0.29, 0.717) is 0 Å². The molecule has 3 atom stereocenters. The number of nitrogens with zero attached hydrogens (tertiary/aromatic N) is 1. The Kier molecular flexibility index (Phi) is 5.09. The molecule has 0 amide bonds. The Labute approximate surface area is 138 Å². The summed E-state index contributed by atoms with van der Waals surface area (Å²) in [6.45, 7) is 2.18. The van der Waals surface area contributed by atoms with Gasteiger partial charge in [-0.3, -0.25) is 0 Å². The van der Waals surface area contributed by atoms with Crippen molar-refractivity contribution in [2.24, 2.45) is 11.1 Å². The Morgan fingerprint density at radius 1 is 1.00 bits per heavy atom. The number of piperidine rings is 1. The minimum Gasteiger partial charge on any atom is -0.411 e. The van der Waals surface area contributed by atoms with Crippen molar-refractivity contribution in [3.63, 3.8) is 0 Å². The fourth-order valence-corrected chi connectivity index (χ4v) is 3.59. The van der Waals surface area contributed by atoms with Gasteiger partial charge >= 0.3 is 0 Å². The van der Waals surface area contributed by atoms with Crippen molar-refractivity contribution in [3.05, 3.63) is 71.8 Å². The molecule has 0 aromatic heterocycles. The SMILES string of the molecule is CCC[C@H]1C(=NO)C[C@@H](c2ccccc2)N[C@H]1c1ccccc1. The molecular weight excluding hydrogens is 284 g/mol. The molecule has 23 heavy (non-hydrogen) atoms. The van der Waals surface area contributed by atoms with E-state index in [1.807, 2.05) is 12.1 Å². The summed E-state index contributed by atoms with van der Waals surface area (Å²) < 4.78 is 0. The number of hydrogen-bond acceptors (Lipinski definition) is 3. The maximum Gasteiger partial charge on any atom is 0.0639 e. The number of nitrogens with one attached hydrogen (secondary N) is 1. The monoisotopic (exact) mass is 308 g/mol. The molecule has 1 heterocycles. The van der Waals surface area contributed by atoms with Crippen LogP contribution in [0.5, 0.6) is 0 Å². The van der Waals surface area contributed by atoms with Gasteiger partial charge < -0.3 is 10.5 Å². The zero-order valence-electron chi connectivity index (χ0n) is 13.5. The molecule has 2 aromatic carbocycles. The van der Waals surface area contributed by atoms with Crippen molar-refractivity contribution in [2.75, 3.05) is 0 Å². The van der Waals surface area contributed by atoms with Gasteiger partial charge in [0.15, 0.2) is 0 Å². The molecular formula is C20H24N2O. The molecule has 0 radical (unpaired) electrons. The topological polar surface area (TPSA) is 44.6 Å². The van der Waals surface area contributed by atoms with Crippen molar-refractivity contribution in [3.8, 4) is 0 Å². The van der Waals surface area contributed by atoms with Gasteiger partial charge in [-0.05, 0) is 17.5 Å². The van der Waals surface area contributed by atoms with Crippen LogP contribution in [0.2, 0.25) is 0 Å². The standard InChI is InChI=1S/C20H24N2O/c1-2-9-17-19(22-23)14-18(15-10-5-3-6-11-15)21-20(17)16-12-7-4-8-13-16/h3-8,10-13,17-18,20-21,23H,2,9,14H2,1H3/t17-,18-,20-/m0/s1. The van der Waals surface area contributed by atoms with E-state index in [4.69, 9.17) is 0 Å². The molecule has 3 heteroatoms. The molecule has 1 aliphatic heterocycles.